The zero-order valence-corrected chi connectivity index (χ0v) is 13.5. The molecule has 4 nitrogen and oxygen atoms in total. The molecule has 0 saturated heterocycles. The van der Waals surface area contributed by atoms with Gasteiger partial charge in [0, 0.05) is 12.6 Å². The molecule has 0 aliphatic heterocycles. The molecule has 3 aromatic rings. The van der Waals surface area contributed by atoms with E-state index in [0.717, 1.165) is 11.0 Å². The van der Waals surface area contributed by atoms with Gasteiger partial charge in [0.05, 0.1) is 17.6 Å². The minimum absolute atomic E-state index is 0. The molecule has 0 saturated carbocycles. The van der Waals surface area contributed by atoms with Crippen molar-refractivity contribution >= 4 is 16.8 Å². The van der Waals surface area contributed by atoms with Gasteiger partial charge in [-0.1, -0.05) is 12.1 Å². The summed E-state index contributed by atoms with van der Waals surface area (Å²) in [7, 11) is 1.80. The van der Waals surface area contributed by atoms with Crippen LogP contribution in [0.25, 0.3) is 11.0 Å². The van der Waals surface area contributed by atoms with Crippen molar-refractivity contribution in [3.05, 3.63) is 65.5 Å². The zero-order chi connectivity index (χ0) is 15.0. The van der Waals surface area contributed by atoms with Crippen molar-refractivity contribution in [3.8, 4) is 0 Å². The molecule has 0 bridgehead atoms. The fraction of sp³-hybridized carbons (Fsp3) is 0.125. The number of Topliss-reactive ketones (excluding diaryl/α,β-unsaturated/α-hetero) is 1. The SMILES string of the molecule is Cn1c(=N)n(CC(=O)c2ccc(F)cc2)c2ccccc21.[Br-]. The van der Waals surface area contributed by atoms with Gasteiger partial charge in [0.1, 0.15) is 5.82 Å². The highest BCUT2D eigenvalue weighted by molar-refractivity contribution is 5.96. The molecule has 22 heavy (non-hydrogen) atoms. The number of nitrogens with one attached hydrogen (secondary N) is 1. The summed E-state index contributed by atoms with van der Waals surface area (Å²) in [6.07, 6.45) is 0. The second-order valence-corrected chi connectivity index (χ2v) is 4.89. The second kappa shape index (κ2) is 6.27. The Labute approximate surface area is 137 Å². The molecule has 0 aliphatic rings. The largest absolute Gasteiger partial charge is 1.00 e. The molecule has 0 fully saturated rings. The maximum atomic E-state index is 12.9. The van der Waals surface area contributed by atoms with Crippen LogP contribution in [0.15, 0.2) is 48.5 Å². The standard InChI is InChI=1S/C16H14FN3O.BrH/c1-19-13-4-2-3-5-14(13)20(16(19)18)10-15(21)11-6-8-12(17)9-7-11;/h2-9,18H,10H2,1H3;1H/p-1. The van der Waals surface area contributed by atoms with Crippen molar-refractivity contribution in [2.45, 2.75) is 6.54 Å². The van der Waals surface area contributed by atoms with E-state index >= 15 is 0 Å². The molecule has 0 amide bonds. The van der Waals surface area contributed by atoms with E-state index in [-0.39, 0.29) is 40.7 Å². The van der Waals surface area contributed by atoms with Crippen LogP contribution >= 0.6 is 0 Å². The summed E-state index contributed by atoms with van der Waals surface area (Å²) in [5, 5.41) is 8.13. The fourth-order valence-corrected chi connectivity index (χ4v) is 2.42. The average Bonchev–Trinajstić information content (AvgIpc) is 2.73. The Bertz CT molecular complexity index is 881. The quantitative estimate of drug-likeness (QED) is 0.626. The third kappa shape index (κ3) is 2.74. The van der Waals surface area contributed by atoms with Gasteiger partial charge in [0.25, 0.3) is 0 Å². The van der Waals surface area contributed by atoms with Gasteiger partial charge >= 0.3 is 0 Å². The topological polar surface area (TPSA) is 50.8 Å². The Morgan fingerprint density at radius 1 is 1.09 bits per heavy atom. The molecular formula is C16H14BrFN3O-. The number of hydrogen-bond donors (Lipinski definition) is 1. The lowest BCUT2D eigenvalue weighted by atomic mass is 10.1. The smallest absolute Gasteiger partial charge is 0.203 e. The number of fused-ring (bicyclic) bond motifs is 1. The van der Waals surface area contributed by atoms with Gasteiger partial charge in [-0.15, -0.1) is 0 Å². The first-order chi connectivity index (χ1) is 10.1. The number of carbonyl (C=O) groups excluding carboxylic acids is 1. The van der Waals surface area contributed by atoms with Gasteiger partial charge in [-0.25, -0.2) is 4.39 Å². The number of rotatable bonds is 3. The third-order valence-electron chi connectivity index (χ3n) is 3.58. The van der Waals surface area contributed by atoms with Gasteiger partial charge in [0.2, 0.25) is 5.62 Å². The van der Waals surface area contributed by atoms with E-state index in [9.17, 15) is 9.18 Å². The molecule has 0 atom stereocenters. The van der Waals surface area contributed by atoms with Crippen LogP contribution in [0.5, 0.6) is 0 Å². The van der Waals surface area contributed by atoms with Crippen molar-refractivity contribution in [2.24, 2.45) is 7.05 Å². The van der Waals surface area contributed by atoms with E-state index < -0.39 is 0 Å². The van der Waals surface area contributed by atoms with Gasteiger partial charge in [-0.05, 0) is 36.4 Å². The maximum absolute atomic E-state index is 12.9. The van der Waals surface area contributed by atoms with Crippen molar-refractivity contribution in [1.82, 2.24) is 9.13 Å². The van der Waals surface area contributed by atoms with Crippen molar-refractivity contribution < 1.29 is 26.2 Å². The molecule has 3 rings (SSSR count). The van der Waals surface area contributed by atoms with Gasteiger partial charge in [-0.3, -0.25) is 10.2 Å². The predicted molar refractivity (Wildman–Crippen MR) is 77.5 cm³/mol. The summed E-state index contributed by atoms with van der Waals surface area (Å²) >= 11 is 0. The minimum Gasteiger partial charge on any atom is -1.00 e. The molecule has 6 heteroatoms. The third-order valence-corrected chi connectivity index (χ3v) is 3.58. The number of hydrogen-bond acceptors (Lipinski definition) is 2. The highest BCUT2D eigenvalue weighted by Crippen LogP contribution is 2.12. The molecule has 0 unspecified atom stereocenters. The molecule has 0 radical (unpaired) electrons. The lowest BCUT2D eigenvalue weighted by Crippen LogP contribution is -3.00. The first kappa shape index (κ1) is 16.2. The number of halogens is 2. The number of aromatic nitrogens is 2. The van der Waals surface area contributed by atoms with Crippen LogP contribution in [-0.4, -0.2) is 14.9 Å². The van der Waals surface area contributed by atoms with Gasteiger partial charge in [0.15, 0.2) is 5.78 Å². The van der Waals surface area contributed by atoms with Crippen LogP contribution in [0, 0.1) is 11.2 Å². The van der Waals surface area contributed by atoms with Crippen molar-refractivity contribution in [3.63, 3.8) is 0 Å². The minimum atomic E-state index is -0.370. The van der Waals surface area contributed by atoms with E-state index in [1.165, 1.54) is 24.3 Å². The molecule has 1 heterocycles. The van der Waals surface area contributed by atoms with Crippen LogP contribution < -0.4 is 22.6 Å². The number of nitrogens with zero attached hydrogens (tertiary/aromatic N) is 2. The van der Waals surface area contributed by atoms with Crippen LogP contribution in [-0.2, 0) is 13.6 Å². The summed E-state index contributed by atoms with van der Waals surface area (Å²) in [6, 6.07) is 13.0. The predicted octanol–water partition coefficient (Wildman–Crippen LogP) is -0.515. The lowest BCUT2D eigenvalue weighted by Gasteiger charge is -2.04. The summed E-state index contributed by atoms with van der Waals surface area (Å²) in [6.45, 7) is 0.0613. The summed E-state index contributed by atoms with van der Waals surface area (Å²) in [5.74, 6) is -0.518. The summed E-state index contributed by atoms with van der Waals surface area (Å²) in [5.41, 5.74) is 2.43. The Kier molecular flexibility index (Phi) is 4.61. The first-order valence-electron chi connectivity index (χ1n) is 6.55. The van der Waals surface area contributed by atoms with Crippen LogP contribution in [0.4, 0.5) is 4.39 Å². The van der Waals surface area contributed by atoms with Gasteiger partial charge < -0.3 is 26.1 Å². The van der Waals surface area contributed by atoms with Crippen LogP contribution in [0.2, 0.25) is 0 Å². The molecule has 0 aliphatic carbocycles. The monoisotopic (exact) mass is 362 g/mol. The average molecular weight is 363 g/mol. The zero-order valence-electron chi connectivity index (χ0n) is 11.9. The van der Waals surface area contributed by atoms with E-state index in [1.807, 2.05) is 24.3 Å². The van der Waals surface area contributed by atoms with Crippen molar-refractivity contribution in [1.29, 1.82) is 5.41 Å². The number of aryl methyl sites for hydroxylation is 1. The highest BCUT2D eigenvalue weighted by Gasteiger charge is 2.12. The highest BCUT2D eigenvalue weighted by atomic mass is 79.9. The Morgan fingerprint density at radius 2 is 1.68 bits per heavy atom. The van der Waals surface area contributed by atoms with E-state index in [1.54, 1.807) is 16.2 Å². The Morgan fingerprint density at radius 3 is 2.32 bits per heavy atom. The lowest BCUT2D eigenvalue weighted by molar-refractivity contribution is -0.0000130. The molecule has 2 aromatic carbocycles. The maximum Gasteiger partial charge on any atom is 0.203 e. The van der Waals surface area contributed by atoms with Gasteiger partial charge in [-0.2, -0.15) is 0 Å². The Hall–Kier alpha value is -2.21. The second-order valence-electron chi connectivity index (χ2n) is 4.89. The summed E-state index contributed by atoms with van der Waals surface area (Å²) < 4.78 is 16.3. The van der Waals surface area contributed by atoms with Crippen LogP contribution in [0.1, 0.15) is 10.4 Å². The summed E-state index contributed by atoms with van der Waals surface area (Å²) in [4.78, 5) is 12.3. The molecule has 0 spiro atoms. The van der Waals surface area contributed by atoms with E-state index in [4.69, 9.17) is 5.41 Å². The first-order valence-corrected chi connectivity index (χ1v) is 6.55. The molecule has 1 aromatic heterocycles. The molecular weight excluding hydrogens is 349 g/mol. The number of carbonyl (C=O) groups is 1. The fourth-order valence-electron chi connectivity index (χ4n) is 2.42. The van der Waals surface area contributed by atoms with E-state index in [0.29, 0.717) is 5.56 Å². The number of imidazole rings is 1. The van der Waals surface area contributed by atoms with Crippen molar-refractivity contribution in [2.75, 3.05) is 0 Å². The number of para-hydroxylation sites is 2. The normalized spacial score (nSPS) is 10.5. The Balaban J connectivity index is 0.00000176. The van der Waals surface area contributed by atoms with E-state index in [2.05, 4.69) is 0 Å². The number of ketones is 1. The van der Waals surface area contributed by atoms with Crippen LogP contribution in [0.3, 0.4) is 0 Å². The molecule has 1 N–H and O–H groups in total. The number of benzene rings is 2. The molecule has 114 valence electrons.